The molecular weight excluding hydrogens is 300 g/mol. The molecule has 0 radical (unpaired) electrons. The molecule has 0 unspecified atom stereocenters. The van der Waals surface area contributed by atoms with Crippen molar-refractivity contribution in [2.45, 2.75) is 20.1 Å². The topological polar surface area (TPSA) is 33.7 Å². The van der Waals surface area contributed by atoms with Gasteiger partial charge in [0.25, 0.3) is 0 Å². The number of likely N-dealkylation sites (N-methyl/N-ethyl adjacent to an activating group) is 1. The molecule has 2 aromatic carbocycles. The molecule has 0 atom stereocenters. The van der Waals surface area contributed by atoms with Gasteiger partial charge < -0.3 is 19.7 Å². The smallest absolute Gasteiger partial charge is 0.161 e. The van der Waals surface area contributed by atoms with Gasteiger partial charge in [-0.3, -0.25) is 0 Å². The Labute approximate surface area is 145 Å². The third-order valence-electron chi connectivity index (χ3n) is 4.00. The highest BCUT2D eigenvalue weighted by atomic mass is 16.5. The molecule has 2 rings (SSSR count). The molecule has 0 fully saturated rings. The first-order valence-corrected chi connectivity index (χ1v) is 8.45. The monoisotopic (exact) mass is 328 g/mol. The van der Waals surface area contributed by atoms with Crippen molar-refractivity contribution >= 4 is 0 Å². The predicted octanol–water partition coefficient (Wildman–Crippen LogP) is 3.32. The molecule has 2 aromatic rings. The summed E-state index contributed by atoms with van der Waals surface area (Å²) in [5.74, 6) is 1.55. The van der Waals surface area contributed by atoms with Crippen molar-refractivity contribution in [3.8, 4) is 11.5 Å². The molecule has 0 amide bonds. The molecular formula is C20H28N2O2. The van der Waals surface area contributed by atoms with E-state index in [2.05, 4.69) is 48.5 Å². The molecule has 0 aliphatic rings. The van der Waals surface area contributed by atoms with Crippen molar-refractivity contribution in [3.05, 3.63) is 59.7 Å². The van der Waals surface area contributed by atoms with Gasteiger partial charge in [-0.05, 0) is 36.9 Å². The summed E-state index contributed by atoms with van der Waals surface area (Å²) in [6.07, 6.45) is 0. The molecule has 0 saturated heterocycles. The molecule has 24 heavy (non-hydrogen) atoms. The lowest BCUT2D eigenvalue weighted by molar-refractivity contribution is 0.284. The van der Waals surface area contributed by atoms with Crippen LogP contribution in [0, 0.1) is 0 Å². The molecule has 130 valence electrons. The largest absolute Gasteiger partial charge is 0.493 e. The summed E-state index contributed by atoms with van der Waals surface area (Å²) in [4.78, 5) is 2.29. The number of ether oxygens (including phenoxy) is 2. The third kappa shape index (κ3) is 5.87. The first kappa shape index (κ1) is 18.3. The SMILES string of the molecule is CCN(C)CCNCc1ccc(OC)c(OCc2ccccc2)c1. The lowest BCUT2D eigenvalue weighted by Gasteiger charge is -2.15. The van der Waals surface area contributed by atoms with Gasteiger partial charge in [0.05, 0.1) is 7.11 Å². The average Bonchev–Trinajstić information content (AvgIpc) is 2.64. The number of hydrogen-bond acceptors (Lipinski definition) is 4. The quantitative estimate of drug-likeness (QED) is 0.679. The summed E-state index contributed by atoms with van der Waals surface area (Å²) >= 11 is 0. The van der Waals surface area contributed by atoms with Gasteiger partial charge in [0.15, 0.2) is 11.5 Å². The fourth-order valence-electron chi connectivity index (χ4n) is 2.34. The van der Waals surface area contributed by atoms with E-state index >= 15 is 0 Å². The first-order chi connectivity index (χ1) is 11.7. The van der Waals surface area contributed by atoms with Gasteiger partial charge in [0, 0.05) is 19.6 Å². The highest BCUT2D eigenvalue weighted by Crippen LogP contribution is 2.28. The second kappa shape index (κ2) is 9.96. The highest BCUT2D eigenvalue weighted by Gasteiger charge is 2.06. The van der Waals surface area contributed by atoms with Gasteiger partial charge in [0.1, 0.15) is 6.61 Å². The molecule has 0 saturated carbocycles. The van der Waals surface area contributed by atoms with Crippen LogP contribution in [0.3, 0.4) is 0 Å². The van der Waals surface area contributed by atoms with Crippen LogP contribution in [0.4, 0.5) is 0 Å². The Kier molecular flexibility index (Phi) is 7.59. The zero-order chi connectivity index (χ0) is 17.2. The highest BCUT2D eigenvalue weighted by molar-refractivity contribution is 5.43. The van der Waals surface area contributed by atoms with Gasteiger partial charge in [-0.15, -0.1) is 0 Å². The van der Waals surface area contributed by atoms with Crippen LogP contribution in [0.25, 0.3) is 0 Å². The molecule has 1 N–H and O–H groups in total. The van der Waals surface area contributed by atoms with Crippen LogP contribution in [-0.2, 0) is 13.2 Å². The minimum atomic E-state index is 0.537. The van der Waals surface area contributed by atoms with Crippen molar-refractivity contribution in [1.29, 1.82) is 0 Å². The Balaban J connectivity index is 1.91. The zero-order valence-electron chi connectivity index (χ0n) is 14.9. The van der Waals surface area contributed by atoms with Crippen molar-refractivity contribution in [2.75, 3.05) is 33.8 Å². The summed E-state index contributed by atoms with van der Waals surface area (Å²) < 4.78 is 11.4. The normalized spacial score (nSPS) is 10.8. The van der Waals surface area contributed by atoms with Gasteiger partial charge in [-0.2, -0.15) is 0 Å². The van der Waals surface area contributed by atoms with E-state index in [0.717, 1.165) is 43.2 Å². The number of hydrogen-bond donors (Lipinski definition) is 1. The Bertz CT molecular complexity index is 602. The van der Waals surface area contributed by atoms with E-state index in [-0.39, 0.29) is 0 Å². The van der Waals surface area contributed by atoms with E-state index in [4.69, 9.17) is 9.47 Å². The van der Waals surface area contributed by atoms with Gasteiger partial charge in [-0.25, -0.2) is 0 Å². The van der Waals surface area contributed by atoms with E-state index in [1.165, 1.54) is 5.56 Å². The molecule has 0 bridgehead atoms. The Morgan fingerprint density at radius 1 is 1.00 bits per heavy atom. The van der Waals surface area contributed by atoms with Crippen molar-refractivity contribution in [1.82, 2.24) is 10.2 Å². The van der Waals surface area contributed by atoms with E-state index in [0.29, 0.717) is 6.61 Å². The maximum absolute atomic E-state index is 5.96. The van der Waals surface area contributed by atoms with E-state index in [1.54, 1.807) is 7.11 Å². The molecule has 0 aliphatic heterocycles. The fraction of sp³-hybridized carbons (Fsp3) is 0.400. The van der Waals surface area contributed by atoms with Crippen LogP contribution in [-0.4, -0.2) is 38.7 Å². The predicted molar refractivity (Wildman–Crippen MR) is 98.6 cm³/mol. The molecule has 4 heteroatoms. The number of nitrogens with one attached hydrogen (secondary N) is 1. The van der Waals surface area contributed by atoms with Crippen molar-refractivity contribution < 1.29 is 9.47 Å². The Morgan fingerprint density at radius 3 is 2.50 bits per heavy atom. The fourth-order valence-corrected chi connectivity index (χ4v) is 2.34. The Morgan fingerprint density at radius 2 is 1.79 bits per heavy atom. The number of methoxy groups -OCH3 is 1. The lowest BCUT2D eigenvalue weighted by atomic mass is 10.2. The minimum Gasteiger partial charge on any atom is -0.493 e. The number of benzene rings is 2. The van der Waals surface area contributed by atoms with E-state index in [1.807, 2.05) is 24.3 Å². The average molecular weight is 328 g/mol. The van der Waals surface area contributed by atoms with Gasteiger partial charge >= 0.3 is 0 Å². The second-order valence-electron chi connectivity index (χ2n) is 5.83. The first-order valence-electron chi connectivity index (χ1n) is 8.45. The van der Waals surface area contributed by atoms with Crippen LogP contribution in [0.1, 0.15) is 18.1 Å². The van der Waals surface area contributed by atoms with Crippen LogP contribution < -0.4 is 14.8 Å². The van der Waals surface area contributed by atoms with Crippen molar-refractivity contribution in [3.63, 3.8) is 0 Å². The Hall–Kier alpha value is -2.04. The van der Waals surface area contributed by atoms with Gasteiger partial charge in [-0.1, -0.05) is 43.3 Å². The minimum absolute atomic E-state index is 0.537. The van der Waals surface area contributed by atoms with Crippen LogP contribution in [0.2, 0.25) is 0 Å². The molecule has 0 heterocycles. The molecule has 0 aliphatic carbocycles. The molecule has 0 aromatic heterocycles. The summed E-state index contributed by atoms with van der Waals surface area (Å²) in [6.45, 7) is 6.61. The summed E-state index contributed by atoms with van der Waals surface area (Å²) in [7, 11) is 3.80. The maximum atomic E-state index is 5.96. The second-order valence-corrected chi connectivity index (χ2v) is 5.83. The summed E-state index contributed by atoms with van der Waals surface area (Å²) in [5.41, 5.74) is 2.34. The molecule has 4 nitrogen and oxygen atoms in total. The maximum Gasteiger partial charge on any atom is 0.161 e. The number of rotatable bonds is 10. The third-order valence-corrected chi connectivity index (χ3v) is 4.00. The summed E-state index contributed by atoms with van der Waals surface area (Å²) in [5, 5.41) is 3.47. The lowest BCUT2D eigenvalue weighted by Crippen LogP contribution is -2.28. The van der Waals surface area contributed by atoms with E-state index in [9.17, 15) is 0 Å². The van der Waals surface area contributed by atoms with Crippen LogP contribution in [0.15, 0.2) is 48.5 Å². The van der Waals surface area contributed by atoms with Crippen molar-refractivity contribution in [2.24, 2.45) is 0 Å². The number of nitrogens with zero attached hydrogens (tertiary/aromatic N) is 1. The van der Waals surface area contributed by atoms with Crippen LogP contribution in [0.5, 0.6) is 11.5 Å². The van der Waals surface area contributed by atoms with E-state index < -0.39 is 0 Å². The van der Waals surface area contributed by atoms with Crippen LogP contribution >= 0.6 is 0 Å². The summed E-state index contributed by atoms with van der Waals surface area (Å²) in [6, 6.07) is 16.3. The standard InChI is InChI=1S/C20H28N2O2/c1-4-22(2)13-12-21-15-18-10-11-19(23-3)20(14-18)24-16-17-8-6-5-7-9-17/h5-11,14,21H,4,12-13,15-16H2,1-3H3. The zero-order valence-corrected chi connectivity index (χ0v) is 14.9. The molecule has 0 spiro atoms. The van der Waals surface area contributed by atoms with Gasteiger partial charge in [0.2, 0.25) is 0 Å².